The van der Waals surface area contributed by atoms with E-state index in [9.17, 15) is 8.78 Å². The molecule has 0 aliphatic carbocycles. The second-order valence-electron chi connectivity index (χ2n) is 2.33. The number of thioether (sulfide) groups is 1. The fourth-order valence-corrected chi connectivity index (χ4v) is 1.71. The fourth-order valence-electron chi connectivity index (χ4n) is 0.871. The molecule has 0 amide bonds. The van der Waals surface area contributed by atoms with Gasteiger partial charge in [0.1, 0.15) is 16.2 Å². The number of nitrogens with zero attached hydrogens (tertiary/aromatic N) is 2. The third-order valence-electron chi connectivity index (χ3n) is 1.33. The van der Waals surface area contributed by atoms with Gasteiger partial charge >= 0.3 is 0 Å². The average molecular weight is 226 g/mol. The van der Waals surface area contributed by atoms with Crippen LogP contribution in [-0.4, -0.2) is 15.5 Å². The van der Waals surface area contributed by atoms with Crippen molar-refractivity contribution in [2.24, 2.45) is 0 Å². The van der Waals surface area contributed by atoms with Crippen LogP contribution in [0, 0.1) is 6.20 Å². The average Bonchev–Trinajstić information content (AvgIpc) is 2.36. The second kappa shape index (κ2) is 4.81. The SMILES string of the molecule is CCCn1n[c]c(Cl)c1SC(F)F. The van der Waals surface area contributed by atoms with Crippen LogP contribution >= 0.6 is 23.4 Å². The van der Waals surface area contributed by atoms with Crippen molar-refractivity contribution in [1.82, 2.24) is 9.78 Å². The zero-order valence-corrected chi connectivity index (χ0v) is 8.50. The molecule has 0 unspecified atom stereocenters. The summed E-state index contributed by atoms with van der Waals surface area (Å²) >= 11 is 6.03. The van der Waals surface area contributed by atoms with Gasteiger partial charge < -0.3 is 0 Å². The van der Waals surface area contributed by atoms with Gasteiger partial charge in [-0.2, -0.15) is 13.9 Å². The second-order valence-corrected chi connectivity index (χ2v) is 3.69. The van der Waals surface area contributed by atoms with E-state index in [1.54, 1.807) is 0 Å². The highest BCUT2D eigenvalue weighted by molar-refractivity contribution is 7.99. The number of hydrogen-bond donors (Lipinski definition) is 0. The van der Waals surface area contributed by atoms with Gasteiger partial charge in [0, 0.05) is 6.54 Å². The number of halogens is 3. The lowest BCUT2D eigenvalue weighted by molar-refractivity contribution is 0.251. The van der Waals surface area contributed by atoms with Crippen molar-refractivity contribution in [3.63, 3.8) is 0 Å². The number of aryl methyl sites for hydroxylation is 1. The third kappa shape index (κ3) is 2.84. The standard InChI is InChI=1S/C7H8ClF2N2S/c1-2-3-12-6(13-7(9)10)5(8)4-11-12/h7H,2-3H2,1H3. The van der Waals surface area contributed by atoms with E-state index < -0.39 is 5.76 Å². The van der Waals surface area contributed by atoms with Gasteiger partial charge in [-0.3, -0.25) is 4.68 Å². The predicted octanol–water partition coefficient (Wildman–Crippen LogP) is 3.06. The lowest BCUT2D eigenvalue weighted by Gasteiger charge is -2.04. The number of rotatable bonds is 4. The largest absolute Gasteiger partial charge is 0.290 e. The molecule has 0 bridgehead atoms. The predicted molar refractivity (Wildman–Crippen MR) is 48.2 cm³/mol. The molecule has 1 aromatic rings. The summed E-state index contributed by atoms with van der Waals surface area (Å²) in [5.41, 5.74) is 0. The van der Waals surface area contributed by atoms with Crippen LogP contribution in [0.1, 0.15) is 13.3 Å². The van der Waals surface area contributed by atoms with Gasteiger partial charge in [-0.05, 0) is 18.2 Å². The van der Waals surface area contributed by atoms with Gasteiger partial charge in [0.15, 0.2) is 0 Å². The van der Waals surface area contributed by atoms with Crippen molar-refractivity contribution < 1.29 is 8.78 Å². The van der Waals surface area contributed by atoms with Gasteiger partial charge in [-0.15, -0.1) is 0 Å². The van der Waals surface area contributed by atoms with E-state index in [0.717, 1.165) is 6.42 Å². The molecule has 0 spiro atoms. The Morgan fingerprint density at radius 2 is 2.38 bits per heavy atom. The Morgan fingerprint density at radius 3 is 2.92 bits per heavy atom. The van der Waals surface area contributed by atoms with E-state index in [0.29, 0.717) is 23.3 Å². The maximum Gasteiger partial charge on any atom is 0.290 e. The Morgan fingerprint density at radius 1 is 1.69 bits per heavy atom. The molecule has 2 nitrogen and oxygen atoms in total. The Kier molecular flexibility index (Phi) is 3.99. The highest BCUT2D eigenvalue weighted by atomic mass is 35.5. The lowest BCUT2D eigenvalue weighted by Crippen LogP contribution is -2.01. The summed E-state index contributed by atoms with van der Waals surface area (Å²) in [5.74, 6) is -2.47. The van der Waals surface area contributed by atoms with Crippen LogP contribution in [0.2, 0.25) is 5.02 Å². The third-order valence-corrected chi connectivity index (χ3v) is 2.52. The molecule has 73 valence electrons. The van der Waals surface area contributed by atoms with Crippen LogP contribution in [0.25, 0.3) is 0 Å². The number of hydrogen-bond acceptors (Lipinski definition) is 2. The molecule has 1 rings (SSSR count). The van der Waals surface area contributed by atoms with Gasteiger partial charge in [0.05, 0.1) is 0 Å². The van der Waals surface area contributed by atoms with Crippen LogP contribution in [-0.2, 0) is 6.54 Å². The van der Waals surface area contributed by atoms with Crippen molar-refractivity contribution >= 4 is 23.4 Å². The van der Waals surface area contributed by atoms with Crippen LogP contribution in [0.4, 0.5) is 8.78 Å². The molecule has 0 aliphatic heterocycles. The first kappa shape index (κ1) is 10.8. The highest BCUT2D eigenvalue weighted by Crippen LogP contribution is 2.31. The molecular weight excluding hydrogens is 218 g/mol. The summed E-state index contributed by atoms with van der Waals surface area (Å²) in [4.78, 5) is 0. The van der Waals surface area contributed by atoms with Crippen molar-refractivity contribution in [2.45, 2.75) is 30.7 Å². The molecule has 0 saturated carbocycles. The first-order valence-corrected chi connectivity index (χ1v) is 4.99. The molecule has 0 N–H and O–H groups in total. The summed E-state index contributed by atoms with van der Waals surface area (Å²) in [7, 11) is 0. The molecule has 6 heteroatoms. The quantitative estimate of drug-likeness (QED) is 0.733. The summed E-state index contributed by atoms with van der Waals surface area (Å²) < 4.78 is 25.5. The molecule has 0 atom stereocenters. The maximum absolute atomic E-state index is 12.0. The monoisotopic (exact) mass is 225 g/mol. The Bertz CT molecular complexity index is 277. The smallest absolute Gasteiger partial charge is 0.257 e. The topological polar surface area (TPSA) is 17.8 Å². The van der Waals surface area contributed by atoms with Crippen LogP contribution in [0.15, 0.2) is 5.03 Å². The van der Waals surface area contributed by atoms with E-state index in [4.69, 9.17) is 11.6 Å². The molecule has 1 aromatic heterocycles. The van der Waals surface area contributed by atoms with Crippen LogP contribution in [0.5, 0.6) is 0 Å². The van der Waals surface area contributed by atoms with E-state index >= 15 is 0 Å². The summed E-state index contributed by atoms with van der Waals surface area (Å²) in [5, 5.41) is 4.22. The zero-order valence-electron chi connectivity index (χ0n) is 6.93. The minimum Gasteiger partial charge on any atom is -0.257 e. The molecule has 1 radical (unpaired) electrons. The molecule has 1 heterocycles. The molecule has 0 aliphatic rings. The first-order chi connectivity index (χ1) is 6.15. The molecular formula is C7H8ClF2N2S. The molecule has 13 heavy (non-hydrogen) atoms. The fraction of sp³-hybridized carbons (Fsp3) is 0.571. The van der Waals surface area contributed by atoms with Crippen molar-refractivity contribution in [2.75, 3.05) is 0 Å². The minimum atomic E-state index is -2.47. The van der Waals surface area contributed by atoms with E-state index in [1.165, 1.54) is 4.68 Å². The van der Waals surface area contributed by atoms with Crippen molar-refractivity contribution in [3.8, 4) is 0 Å². The summed E-state index contributed by atoms with van der Waals surface area (Å²) in [6, 6.07) is 0. The molecule has 0 saturated heterocycles. The Labute approximate surface area is 84.3 Å². The van der Waals surface area contributed by atoms with Gasteiger partial charge in [-0.1, -0.05) is 18.5 Å². The highest BCUT2D eigenvalue weighted by Gasteiger charge is 2.14. The Balaban J connectivity index is 2.81. The summed E-state index contributed by atoms with van der Waals surface area (Å²) in [6.45, 7) is 2.52. The van der Waals surface area contributed by atoms with Gasteiger partial charge in [0.2, 0.25) is 0 Å². The zero-order chi connectivity index (χ0) is 9.84. The van der Waals surface area contributed by atoms with Crippen molar-refractivity contribution in [1.29, 1.82) is 0 Å². The van der Waals surface area contributed by atoms with Gasteiger partial charge in [-0.25, -0.2) is 0 Å². The minimum absolute atomic E-state index is 0.166. The van der Waals surface area contributed by atoms with Crippen LogP contribution in [0.3, 0.4) is 0 Å². The van der Waals surface area contributed by atoms with Crippen molar-refractivity contribution in [3.05, 3.63) is 11.2 Å². The number of aromatic nitrogens is 2. The van der Waals surface area contributed by atoms with E-state index in [1.807, 2.05) is 6.92 Å². The molecule has 0 fully saturated rings. The Hall–Kier alpha value is -0.290. The normalized spacial score (nSPS) is 11.2. The lowest BCUT2D eigenvalue weighted by atomic mass is 10.5. The first-order valence-electron chi connectivity index (χ1n) is 3.74. The molecule has 0 aromatic carbocycles. The number of alkyl halides is 2. The van der Waals surface area contributed by atoms with E-state index in [2.05, 4.69) is 11.3 Å². The summed E-state index contributed by atoms with van der Waals surface area (Å²) in [6.07, 6.45) is 3.27. The van der Waals surface area contributed by atoms with E-state index in [-0.39, 0.29) is 5.02 Å². The maximum atomic E-state index is 12.0. The van der Waals surface area contributed by atoms with Gasteiger partial charge in [0.25, 0.3) is 5.76 Å². The van der Waals surface area contributed by atoms with Crippen LogP contribution < -0.4 is 0 Å².